The molecule has 3 amide bonds. The molecular formula is C41H51N7O6S. The van der Waals surface area contributed by atoms with Gasteiger partial charge in [-0.1, -0.05) is 19.9 Å². The summed E-state index contributed by atoms with van der Waals surface area (Å²) in [6.07, 6.45) is 3.51. The Morgan fingerprint density at radius 3 is 2.73 bits per heavy atom. The maximum Gasteiger partial charge on any atom is 0.324 e. The zero-order valence-electron chi connectivity index (χ0n) is 32.5. The molecule has 4 aromatic rings. The van der Waals surface area contributed by atoms with Crippen LogP contribution in [0.3, 0.4) is 0 Å². The molecule has 7 rings (SSSR count). The first-order valence-corrected chi connectivity index (χ1v) is 20.2. The number of hydrazine groups is 1. The largest absolute Gasteiger partial charge is 0.464 e. The Morgan fingerprint density at radius 1 is 1.16 bits per heavy atom. The summed E-state index contributed by atoms with van der Waals surface area (Å²) in [6.45, 7) is 12.3. The molecule has 3 aromatic heterocycles. The third-order valence-corrected chi connectivity index (χ3v) is 12.0. The smallest absolute Gasteiger partial charge is 0.324 e. The van der Waals surface area contributed by atoms with Gasteiger partial charge in [0.15, 0.2) is 0 Å². The van der Waals surface area contributed by atoms with E-state index in [1.54, 1.807) is 18.2 Å². The molecule has 0 spiro atoms. The van der Waals surface area contributed by atoms with E-state index in [1.165, 1.54) is 16.3 Å². The first kappa shape index (κ1) is 38.6. The number of fused-ring (bicyclic) bond motifs is 6. The first-order chi connectivity index (χ1) is 26.4. The van der Waals surface area contributed by atoms with E-state index in [9.17, 15) is 19.2 Å². The summed E-state index contributed by atoms with van der Waals surface area (Å²) in [6, 6.07) is 8.76. The number of carbonyl (C=O) groups is 4. The first-order valence-electron chi connectivity index (χ1n) is 19.3. The Kier molecular flexibility index (Phi) is 11.1. The van der Waals surface area contributed by atoms with Crippen LogP contribution in [-0.4, -0.2) is 93.6 Å². The number of likely N-dealkylation sites (tertiary alicyclic amines) is 1. The molecule has 0 aliphatic carbocycles. The lowest BCUT2D eigenvalue weighted by Gasteiger charge is -2.35. The standard InChI is InChI=1S/C41H51N7O6S/c1-7-46-21-26(18-35(46)49)38(50)44-31-19-34-43-32(22-55-34)25-13-14-33-28(17-25)29(37(47(33)8-2)27-11-9-15-42-36(27)24(3)53-6)20-41(4,5)23-54-40(52)30-12-10-16-48(45-30)39(31)51/h9,11,13-15,17,22,24,26,30-31,45H,7-8,10,12,16,18-21,23H2,1-6H3,(H,44,50)/t24-,26?,30-,31-/m0/s1. The minimum atomic E-state index is -0.962. The van der Waals surface area contributed by atoms with Crippen LogP contribution in [-0.2, 0) is 48.0 Å². The number of carbonyl (C=O) groups excluding carboxylic acids is 4. The van der Waals surface area contributed by atoms with Gasteiger partial charge < -0.3 is 24.3 Å². The SMILES string of the molecule is CCN1CC(C(=O)N[C@H]2Cc3nc(cs3)-c3ccc4c(c3)c(c(-c3cccnc3[C@H](C)OC)n4CC)CC(C)(C)COC(=O)[C@@H]3CCCN(N3)C2=O)CC1=O. The molecule has 3 aliphatic rings. The summed E-state index contributed by atoms with van der Waals surface area (Å²) >= 11 is 1.44. The van der Waals surface area contributed by atoms with Crippen molar-refractivity contribution in [3.8, 4) is 22.5 Å². The lowest BCUT2D eigenvalue weighted by molar-refractivity contribution is -0.155. The van der Waals surface area contributed by atoms with Gasteiger partial charge in [-0.2, -0.15) is 0 Å². The van der Waals surface area contributed by atoms with Gasteiger partial charge in [-0.3, -0.25) is 29.2 Å². The molecule has 6 heterocycles. The molecule has 0 saturated carbocycles. The highest BCUT2D eigenvalue weighted by molar-refractivity contribution is 7.10. The normalized spacial score (nSPS) is 22.4. The van der Waals surface area contributed by atoms with Crippen LogP contribution in [0.25, 0.3) is 33.4 Å². The molecule has 6 bridgehead atoms. The summed E-state index contributed by atoms with van der Waals surface area (Å²) in [4.78, 5) is 65.4. The maximum absolute atomic E-state index is 14.2. The number of rotatable bonds is 7. The highest BCUT2D eigenvalue weighted by Gasteiger charge is 2.38. The lowest BCUT2D eigenvalue weighted by atomic mass is 9.84. The Bertz CT molecular complexity index is 2110. The predicted molar refractivity (Wildman–Crippen MR) is 210 cm³/mol. The minimum absolute atomic E-state index is 0.0718. The number of nitrogens with one attached hydrogen (secondary N) is 2. The van der Waals surface area contributed by atoms with Gasteiger partial charge in [0.05, 0.1) is 40.7 Å². The number of methoxy groups -OCH3 is 1. The van der Waals surface area contributed by atoms with E-state index in [4.69, 9.17) is 19.4 Å². The van der Waals surface area contributed by atoms with E-state index in [2.05, 4.69) is 60.3 Å². The van der Waals surface area contributed by atoms with Crippen molar-refractivity contribution in [3.63, 3.8) is 0 Å². The number of amides is 3. The molecule has 292 valence electrons. The highest BCUT2D eigenvalue weighted by Crippen LogP contribution is 2.42. The number of aryl methyl sites for hydroxylation is 1. The van der Waals surface area contributed by atoms with Gasteiger partial charge >= 0.3 is 5.97 Å². The number of aromatic nitrogens is 3. The number of nitrogens with zero attached hydrogens (tertiary/aromatic N) is 5. The third-order valence-electron chi connectivity index (χ3n) is 11.1. The predicted octanol–water partition coefficient (Wildman–Crippen LogP) is 5.07. The molecule has 55 heavy (non-hydrogen) atoms. The number of cyclic esters (lactones) is 1. The van der Waals surface area contributed by atoms with Gasteiger partial charge in [-0.05, 0) is 69.9 Å². The van der Waals surface area contributed by atoms with Crippen LogP contribution in [0, 0.1) is 11.3 Å². The zero-order valence-corrected chi connectivity index (χ0v) is 33.3. The lowest BCUT2D eigenvalue weighted by Crippen LogP contribution is -2.60. The van der Waals surface area contributed by atoms with Crippen LogP contribution in [0.1, 0.15) is 76.3 Å². The summed E-state index contributed by atoms with van der Waals surface area (Å²) in [5.41, 5.74) is 9.43. The van der Waals surface area contributed by atoms with Crippen molar-refractivity contribution in [1.82, 2.24) is 35.2 Å². The number of ether oxygens (including phenoxy) is 2. The molecule has 14 heteroatoms. The van der Waals surface area contributed by atoms with Crippen LogP contribution in [0.4, 0.5) is 0 Å². The summed E-state index contributed by atoms with van der Waals surface area (Å²) in [7, 11) is 1.69. The van der Waals surface area contributed by atoms with Crippen LogP contribution >= 0.6 is 11.3 Å². The molecule has 3 aliphatic heterocycles. The quantitative estimate of drug-likeness (QED) is 0.246. The van der Waals surface area contributed by atoms with Crippen molar-refractivity contribution in [2.45, 2.75) is 91.5 Å². The van der Waals surface area contributed by atoms with Crippen molar-refractivity contribution in [1.29, 1.82) is 0 Å². The van der Waals surface area contributed by atoms with Gasteiger partial charge in [0, 0.05) is 85.2 Å². The zero-order chi connectivity index (χ0) is 39.0. The number of thiazole rings is 1. The van der Waals surface area contributed by atoms with E-state index < -0.39 is 29.4 Å². The van der Waals surface area contributed by atoms with E-state index in [0.717, 1.165) is 44.7 Å². The van der Waals surface area contributed by atoms with Gasteiger partial charge in [-0.15, -0.1) is 11.3 Å². The van der Waals surface area contributed by atoms with Crippen LogP contribution in [0.2, 0.25) is 0 Å². The van der Waals surface area contributed by atoms with Crippen molar-refractivity contribution >= 4 is 45.9 Å². The fraction of sp³-hybridized carbons (Fsp3) is 0.512. The van der Waals surface area contributed by atoms with Crippen molar-refractivity contribution in [2.24, 2.45) is 11.3 Å². The van der Waals surface area contributed by atoms with Gasteiger partial charge in [0.25, 0.3) is 5.91 Å². The number of benzene rings is 1. The van der Waals surface area contributed by atoms with Crippen molar-refractivity contribution < 1.29 is 28.7 Å². The molecule has 1 aromatic carbocycles. The number of pyridine rings is 1. The van der Waals surface area contributed by atoms with Gasteiger partial charge in [0.1, 0.15) is 12.1 Å². The number of hydrogen-bond donors (Lipinski definition) is 2. The fourth-order valence-corrected chi connectivity index (χ4v) is 8.96. The Labute approximate surface area is 325 Å². The molecule has 13 nitrogen and oxygen atoms in total. The molecule has 1 unspecified atom stereocenters. The van der Waals surface area contributed by atoms with Crippen molar-refractivity contribution in [2.75, 3.05) is 33.4 Å². The van der Waals surface area contributed by atoms with E-state index in [-0.39, 0.29) is 43.3 Å². The topological polar surface area (TPSA) is 148 Å². The van der Waals surface area contributed by atoms with Crippen molar-refractivity contribution in [3.05, 3.63) is 58.2 Å². The fourth-order valence-electron chi connectivity index (χ4n) is 8.11. The Balaban J connectivity index is 1.32. The van der Waals surface area contributed by atoms with Crippen LogP contribution in [0.15, 0.2) is 41.9 Å². The summed E-state index contributed by atoms with van der Waals surface area (Å²) in [5, 5.41) is 8.15. The Morgan fingerprint density at radius 2 is 1.98 bits per heavy atom. The van der Waals surface area contributed by atoms with Gasteiger partial charge in [0.2, 0.25) is 11.8 Å². The highest BCUT2D eigenvalue weighted by atomic mass is 32.1. The Hall–Kier alpha value is -4.66. The second kappa shape index (κ2) is 15.8. The van der Waals surface area contributed by atoms with Gasteiger partial charge in [-0.25, -0.2) is 10.4 Å². The maximum atomic E-state index is 14.2. The van der Waals surface area contributed by atoms with E-state index in [1.807, 2.05) is 25.3 Å². The van der Waals surface area contributed by atoms with Crippen LogP contribution in [0.5, 0.6) is 0 Å². The molecule has 2 saturated heterocycles. The molecule has 2 N–H and O–H groups in total. The summed E-state index contributed by atoms with van der Waals surface area (Å²) in [5.74, 6) is -1.76. The van der Waals surface area contributed by atoms with E-state index in [0.29, 0.717) is 50.4 Å². The van der Waals surface area contributed by atoms with Crippen LogP contribution < -0.4 is 10.7 Å². The number of hydrogen-bond acceptors (Lipinski definition) is 10. The second-order valence-corrected chi connectivity index (χ2v) is 16.5. The minimum Gasteiger partial charge on any atom is -0.464 e. The second-order valence-electron chi connectivity index (χ2n) is 15.6. The molecular weight excluding hydrogens is 719 g/mol. The average molecular weight is 770 g/mol. The average Bonchev–Trinajstić information content (AvgIpc) is 3.90. The molecule has 2 fully saturated rings. The third kappa shape index (κ3) is 7.76. The van der Waals surface area contributed by atoms with E-state index >= 15 is 0 Å². The molecule has 0 radical (unpaired) electrons. The summed E-state index contributed by atoms with van der Waals surface area (Å²) < 4.78 is 14.2. The molecule has 4 atom stereocenters. The number of esters is 1. The monoisotopic (exact) mass is 769 g/mol.